The lowest BCUT2D eigenvalue weighted by Gasteiger charge is -2.49. The second-order valence-corrected chi connectivity index (χ2v) is 10.9. The molecule has 2 aliphatic rings. The first-order chi connectivity index (χ1) is 14.2. The third-order valence-corrected chi connectivity index (χ3v) is 7.97. The Labute approximate surface area is 179 Å². The van der Waals surface area contributed by atoms with Crippen molar-refractivity contribution in [3.63, 3.8) is 0 Å². The van der Waals surface area contributed by atoms with E-state index in [1.165, 1.54) is 12.1 Å². The van der Waals surface area contributed by atoms with Gasteiger partial charge in [-0.2, -0.15) is 4.31 Å². The van der Waals surface area contributed by atoms with Gasteiger partial charge in [0.05, 0.1) is 11.4 Å². The zero-order chi connectivity index (χ0) is 21.9. The van der Waals surface area contributed by atoms with Gasteiger partial charge < -0.3 is 10.2 Å². The highest BCUT2D eigenvalue weighted by atomic mass is 32.2. The van der Waals surface area contributed by atoms with Gasteiger partial charge in [-0.1, -0.05) is 44.9 Å². The minimum atomic E-state index is -3.87. The summed E-state index contributed by atoms with van der Waals surface area (Å²) < 4.78 is 27.6. The largest absolute Gasteiger partial charge is 0.354 e. The average Bonchev–Trinajstić information content (AvgIpc) is 3.21. The van der Waals surface area contributed by atoms with Gasteiger partial charge in [-0.3, -0.25) is 9.59 Å². The lowest BCUT2D eigenvalue weighted by Crippen LogP contribution is -2.71. The van der Waals surface area contributed by atoms with Crippen LogP contribution in [0.25, 0.3) is 0 Å². The van der Waals surface area contributed by atoms with Crippen molar-refractivity contribution in [3.05, 3.63) is 30.3 Å². The molecule has 30 heavy (non-hydrogen) atoms. The van der Waals surface area contributed by atoms with Gasteiger partial charge in [0.15, 0.2) is 0 Å². The van der Waals surface area contributed by atoms with Gasteiger partial charge in [-0.25, -0.2) is 8.42 Å². The minimum Gasteiger partial charge on any atom is -0.354 e. The van der Waals surface area contributed by atoms with Crippen molar-refractivity contribution in [1.82, 2.24) is 14.5 Å². The number of hydrogen-bond donors (Lipinski definition) is 1. The highest BCUT2D eigenvalue weighted by molar-refractivity contribution is 7.89. The zero-order valence-corrected chi connectivity index (χ0v) is 19.0. The topological polar surface area (TPSA) is 86.8 Å². The number of carbonyl (C=O) groups is 2. The summed E-state index contributed by atoms with van der Waals surface area (Å²) in [5.74, 6) is -0.141. The van der Waals surface area contributed by atoms with Gasteiger partial charge in [0.1, 0.15) is 5.54 Å². The van der Waals surface area contributed by atoms with Crippen molar-refractivity contribution in [2.45, 2.75) is 69.4 Å². The smallest absolute Gasteiger partial charge is 0.247 e. The molecule has 0 radical (unpaired) electrons. The van der Waals surface area contributed by atoms with E-state index in [1.54, 1.807) is 30.0 Å². The van der Waals surface area contributed by atoms with Gasteiger partial charge in [0.2, 0.25) is 21.8 Å². The summed E-state index contributed by atoms with van der Waals surface area (Å²) >= 11 is 0. The first kappa shape index (κ1) is 22.7. The molecular formula is C22H33N3O4S. The van der Waals surface area contributed by atoms with Crippen LogP contribution in [0.2, 0.25) is 0 Å². The van der Waals surface area contributed by atoms with Crippen molar-refractivity contribution in [2.24, 2.45) is 5.92 Å². The quantitative estimate of drug-likeness (QED) is 0.712. The molecule has 2 fully saturated rings. The predicted molar refractivity (Wildman–Crippen MR) is 115 cm³/mol. The summed E-state index contributed by atoms with van der Waals surface area (Å²) in [6.07, 6.45) is 4.57. The lowest BCUT2D eigenvalue weighted by atomic mass is 9.92. The molecule has 1 saturated carbocycles. The predicted octanol–water partition coefficient (Wildman–Crippen LogP) is 2.38. The second-order valence-electron chi connectivity index (χ2n) is 9.00. The van der Waals surface area contributed by atoms with E-state index in [0.29, 0.717) is 12.5 Å². The first-order valence-electron chi connectivity index (χ1n) is 10.8. The van der Waals surface area contributed by atoms with E-state index >= 15 is 0 Å². The molecule has 166 valence electrons. The molecule has 3 rings (SSSR count). The number of amides is 2. The highest BCUT2D eigenvalue weighted by Gasteiger charge is 2.52. The monoisotopic (exact) mass is 435 g/mol. The first-order valence-corrected chi connectivity index (χ1v) is 12.3. The Kier molecular flexibility index (Phi) is 6.87. The number of rotatable bonds is 7. The van der Waals surface area contributed by atoms with Crippen LogP contribution < -0.4 is 5.32 Å². The van der Waals surface area contributed by atoms with Crippen LogP contribution in [0.15, 0.2) is 35.2 Å². The van der Waals surface area contributed by atoms with Crippen LogP contribution in [0.1, 0.15) is 52.9 Å². The number of hydrogen-bond acceptors (Lipinski definition) is 4. The fourth-order valence-electron chi connectivity index (χ4n) is 4.50. The van der Waals surface area contributed by atoms with E-state index < -0.39 is 15.6 Å². The molecule has 1 N–H and O–H groups in total. The van der Waals surface area contributed by atoms with Crippen LogP contribution in [0.3, 0.4) is 0 Å². The normalized spacial score (nSPS) is 23.9. The summed E-state index contributed by atoms with van der Waals surface area (Å²) in [6, 6.07) is 8.07. The molecule has 1 aromatic carbocycles. The Morgan fingerprint density at radius 1 is 1.20 bits per heavy atom. The van der Waals surface area contributed by atoms with Crippen LogP contribution in [0.5, 0.6) is 0 Å². The molecule has 1 saturated heterocycles. The van der Waals surface area contributed by atoms with E-state index in [-0.39, 0.29) is 35.8 Å². The fourth-order valence-corrected chi connectivity index (χ4v) is 6.01. The number of nitrogens with zero attached hydrogens (tertiary/aromatic N) is 2. The molecule has 1 heterocycles. The molecule has 0 aromatic heterocycles. The molecule has 8 heteroatoms. The number of benzene rings is 1. The summed E-state index contributed by atoms with van der Waals surface area (Å²) in [7, 11) is -3.87. The maximum absolute atomic E-state index is 13.3. The van der Waals surface area contributed by atoms with E-state index in [9.17, 15) is 18.0 Å². The molecule has 1 unspecified atom stereocenters. The number of carbonyl (C=O) groups excluding carboxylic acids is 2. The maximum atomic E-state index is 13.3. The van der Waals surface area contributed by atoms with Crippen molar-refractivity contribution in [1.29, 1.82) is 0 Å². The van der Waals surface area contributed by atoms with Crippen LogP contribution in [-0.2, 0) is 19.6 Å². The molecular weight excluding hydrogens is 402 g/mol. The van der Waals surface area contributed by atoms with Crippen molar-refractivity contribution in [3.8, 4) is 0 Å². The second kappa shape index (κ2) is 9.06. The van der Waals surface area contributed by atoms with E-state index in [2.05, 4.69) is 19.2 Å². The third kappa shape index (κ3) is 4.54. The Morgan fingerprint density at radius 3 is 2.43 bits per heavy atom. The Hall–Kier alpha value is -1.93. The molecule has 0 bridgehead atoms. The lowest BCUT2D eigenvalue weighted by molar-refractivity contribution is -0.156. The molecule has 2 amide bonds. The van der Waals surface area contributed by atoms with Gasteiger partial charge in [0, 0.05) is 19.1 Å². The summed E-state index contributed by atoms with van der Waals surface area (Å²) in [6.45, 7) is 6.10. The standard InChI is InChI=1S/C22H33N3O4S/c1-17(2)13-14-23-21(27)22(3)16-24(30(28,29)19-11-5-4-6-12-19)15-20(26)25(22)18-9-7-8-10-18/h4-6,11-12,17-18H,7-10,13-16H2,1-3H3,(H,23,27). The zero-order valence-electron chi connectivity index (χ0n) is 18.1. The summed E-state index contributed by atoms with van der Waals surface area (Å²) in [5, 5.41) is 2.96. The molecule has 0 spiro atoms. The Balaban J connectivity index is 1.91. The fraction of sp³-hybridized carbons (Fsp3) is 0.636. The van der Waals surface area contributed by atoms with Crippen molar-refractivity contribution >= 4 is 21.8 Å². The van der Waals surface area contributed by atoms with Gasteiger partial charge in [-0.15, -0.1) is 0 Å². The Morgan fingerprint density at radius 2 is 1.83 bits per heavy atom. The van der Waals surface area contributed by atoms with Crippen LogP contribution >= 0.6 is 0 Å². The Bertz CT molecular complexity index is 866. The SMILES string of the molecule is CC(C)CCNC(=O)C1(C)CN(S(=O)(=O)c2ccccc2)CC(=O)N1C1CCCC1. The number of sulfonamides is 1. The van der Waals surface area contributed by atoms with Crippen molar-refractivity contribution < 1.29 is 18.0 Å². The van der Waals surface area contributed by atoms with E-state index in [1.807, 2.05) is 0 Å². The highest BCUT2D eigenvalue weighted by Crippen LogP contribution is 2.34. The van der Waals surface area contributed by atoms with Crippen molar-refractivity contribution in [2.75, 3.05) is 19.6 Å². The van der Waals surface area contributed by atoms with Gasteiger partial charge in [0.25, 0.3) is 0 Å². The van der Waals surface area contributed by atoms with Crippen LogP contribution in [0, 0.1) is 5.92 Å². The third-order valence-electron chi connectivity index (χ3n) is 6.16. The molecule has 1 aliphatic carbocycles. The molecule has 1 aliphatic heterocycles. The van der Waals surface area contributed by atoms with Gasteiger partial charge in [-0.05, 0) is 44.2 Å². The average molecular weight is 436 g/mol. The molecule has 1 atom stereocenters. The minimum absolute atomic E-state index is 0.0140. The van der Waals surface area contributed by atoms with Crippen LogP contribution in [-0.4, -0.2) is 60.7 Å². The summed E-state index contributed by atoms with van der Waals surface area (Å²) in [5.41, 5.74) is -1.23. The van der Waals surface area contributed by atoms with E-state index in [4.69, 9.17) is 0 Å². The van der Waals surface area contributed by atoms with E-state index in [0.717, 1.165) is 36.4 Å². The van der Waals surface area contributed by atoms with Gasteiger partial charge >= 0.3 is 0 Å². The summed E-state index contributed by atoms with van der Waals surface area (Å²) in [4.78, 5) is 28.3. The molecule has 7 nitrogen and oxygen atoms in total. The number of nitrogens with one attached hydrogen (secondary N) is 1. The molecule has 1 aromatic rings. The number of piperazine rings is 1. The van der Waals surface area contributed by atoms with Crippen LogP contribution in [0.4, 0.5) is 0 Å². The maximum Gasteiger partial charge on any atom is 0.247 e.